The summed E-state index contributed by atoms with van der Waals surface area (Å²) in [4.78, 5) is 16.6. The minimum atomic E-state index is -0.335. The van der Waals surface area contributed by atoms with Gasteiger partial charge in [-0.1, -0.05) is 18.7 Å². The molecule has 8 nitrogen and oxygen atoms in total. The smallest absolute Gasteiger partial charge is 0.238 e. The number of thioether (sulfide) groups is 1. The van der Waals surface area contributed by atoms with Crippen LogP contribution >= 0.6 is 11.8 Å². The number of nitrogens with one attached hydrogen (secondary N) is 1. The molecule has 3 aromatic heterocycles. The number of carbonyl (C=O) groups excluding carboxylic acids is 1. The van der Waals surface area contributed by atoms with Gasteiger partial charge in [-0.05, 0) is 32.4 Å². The van der Waals surface area contributed by atoms with Crippen LogP contribution in [0.25, 0.3) is 11.4 Å². The number of nitrogens with zero attached hydrogens (tertiary/aromatic N) is 6. The zero-order valence-electron chi connectivity index (χ0n) is 15.8. The lowest BCUT2D eigenvalue weighted by atomic mass is 10.2. The minimum Gasteiger partial charge on any atom is -0.310 e. The van der Waals surface area contributed by atoms with Gasteiger partial charge in [0.1, 0.15) is 5.82 Å². The molecule has 142 valence electrons. The lowest BCUT2D eigenvalue weighted by Crippen LogP contribution is -2.25. The molecule has 0 aliphatic carbocycles. The summed E-state index contributed by atoms with van der Waals surface area (Å²) in [6.07, 6.45) is 6.06. The molecule has 3 aromatic rings. The van der Waals surface area contributed by atoms with Gasteiger partial charge in [-0.3, -0.25) is 9.78 Å². The van der Waals surface area contributed by atoms with E-state index in [0.717, 1.165) is 17.8 Å². The van der Waals surface area contributed by atoms with Gasteiger partial charge in [0.05, 0.1) is 17.5 Å². The number of rotatable bonds is 7. The molecule has 27 heavy (non-hydrogen) atoms. The van der Waals surface area contributed by atoms with Gasteiger partial charge in [0, 0.05) is 31.1 Å². The van der Waals surface area contributed by atoms with Crippen molar-refractivity contribution in [2.24, 2.45) is 7.05 Å². The molecule has 0 radical (unpaired) electrons. The van der Waals surface area contributed by atoms with Crippen molar-refractivity contribution in [1.82, 2.24) is 29.5 Å². The Morgan fingerprint density at radius 2 is 1.93 bits per heavy atom. The summed E-state index contributed by atoms with van der Waals surface area (Å²) in [7, 11) is 1.89. The van der Waals surface area contributed by atoms with Crippen molar-refractivity contribution < 1.29 is 4.79 Å². The summed E-state index contributed by atoms with van der Waals surface area (Å²) in [5, 5.41) is 16.1. The fourth-order valence-electron chi connectivity index (χ4n) is 2.55. The average molecular weight is 385 g/mol. The van der Waals surface area contributed by atoms with E-state index >= 15 is 0 Å². The van der Waals surface area contributed by atoms with E-state index in [-0.39, 0.29) is 17.2 Å². The average Bonchev–Trinajstić information content (AvgIpc) is 3.29. The van der Waals surface area contributed by atoms with E-state index in [1.807, 2.05) is 41.4 Å². The van der Waals surface area contributed by atoms with Crippen molar-refractivity contribution in [2.75, 3.05) is 5.32 Å². The van der Waals surface area contributed by atoms with Crippen molar-refractivity contribution in [2.45, 2.75) is 43.6 Å². The molecular weight excluding hydrogens is 362 g/mol. The monoisotopic (exact) mass is 385 g/mol. The molecule has 0 aromatic carbocycles. The molecule has 0 aliphatic rings. The molecule has 0 saturated carbocycles. The van der Waals surface area contributed by atoms with Crippen LogP contribution in [0.15, 0.2) is 41.9 Å². The minimum absolute atomic E-state index is 0.0986. The number of aromatic nitrogens is 6. The zero-order chi connectivity index (χ0) is 19.4. The van der Waals surface area contributed by atoms with E-state index in [2.05, 4.69) is 39.4 Å². The third-order valence-electron chi connectivity index (χ3n) is 4.35. The Hall–Kier alpha value is -2.68. The molecular formula is C18H23N7OS. The highest BCUT2D eigenvalue weighted by Gasteiger charge is 2.21. The van der Waals surface area contributed by atoms with Gasteiger partial charge >= 0.3 is 0 Å². The zero-order valence-corrected chi connectivity index (χ0v) is 16.6. The second kappa shape index (κ2) is 8.34. The standard InChI is InChI=1S/C18H23N7OS/c1-5-12(2)25-15(8-11-20-25)21-17(26)13(3)27-18-23-22-16(24(18)4)14-6-9-19-10-7-14/h6-13H,5H2,1-4H3,(H,21,26)/t12-,13-/m1/s1. The first-order valence-corrected chi connectivity index (χ1v) is 9.70. The summed E-state index contributed by atoms with van der Waals surface area (Å²) < 4.78 is 3.71. The number of anilines is 1. The van der Waals surface area contributed by atoms with Gasteiger partial charge < -0.3 is 9.88 Å². The second-order valence-electron chi connectivity index (χ2n) is 6.27. The molecule has 0 aliphatic heterocycles. The van der Waals surface area contributed by atoms with Crippen molar-refractivity contribution >= 4 is 23.5 Å². The summed E-state index contributed by atoms with van der Waals surface area (Å²) in [6, 6.07) is 5.79. The van der Waals surface area contributed by atoms with E-state index in [1.54, 1.807) is 18.6 Å². The highest BCUT2D eigenvalue weighted by Crippen LogP contribution is 2.26. The van der Waals surface area contributed by atoms with Crippen LogP contribution in [-0.2, 0) is 11.8 Å². The Balaban J connectivity index is 1.69. The van der Waals surface area contributed by atoms with E-state index in [0.29, 0.717) is 11.0 Å². The molecule has 1 N–H and O–H groups in total. The van der Waals surface area contributed by atoms with Crippen LogP contribution in [0.3, 0.4) is 0 Å². The molecule has 1 amide bonds. The number of amides is 1. The first kappa shape index (κ1) is 19.1. The highest BCUT2D eigenvalue weighted by atomic mass is 32.2. The summed E-state index contributed by atoms with van der Waals surface area (Å²) in [6.45, 7) is 6.01. The highest BCUT2D eigenvalue weighted by molar-refractivity contribution is 8.00. The number of hydrogen-bond donors (Lipinski definition) is 1. The van der Waals surface area contributed by atoms with Crippen LogP contribution in [0.4, 0.5) is 5.82 Å². The summed E-state index contributed by atoms with van der Waals surface area (Å²) in [5.74, 6) is 1.35. The molecule has 0 saturated heterocycles. The topological polar surface area (TPSA) is 90.5 Å². The van der Waals surface area contributed by atoms with Crippen molar-refractivity contribution in [3.8, 4) is 11.4 Å². The molecule has 0 fully saturated rings. The normalized spacial score (nSPS) is 13.3. The van der Waals surface area contributed by atoms with Crippen LogP contribution in [-0.4, -0.2) is 40.7 Å². The SMILES string of the molecule is CC[C@@H](C)n1nccc1NC(=O)[C@@H](C)Sc1nnc(-c2ccncc2)n1C. The van der Waals surface area contributed by atoms with Gasteiger partial charge in [-0.15, -0.1) is 10.2 Å². The molecule has 2 atom stereocenters. The van der Waals surface area contributed by atoms with Gasteiger partial charge in [0.2, 0.25) is 5.91 Å². The number of hydrogen-bond acceptors (Lipinski definition) is 6. The molecule has 0 spiro atoms. The quantitative estimate of drug-likeness (QED) is 0.628. The Bertz CT molecular complexity index is 906. The third-order valence-corrected chi connectivity index (χ3v) is 5.49. The Morgan fingerprint density at radius 1 is 1.19 bits per heavy atom. The summed E-state index contributed by atoms with van der Waals surface area (Å²) in [5.41, 5.74) is 0.932. The first-order valence-electron chi connectivity index (χ1n) is 8.82. The first-order chi connectivity index (χ1) is 13.0. The van der Waals surface area contributed by atoms with Gasteiger partial charge in [0.25, 0.3) is 0 Å². The van der Waals surface area contributed by atoms with E-state index in [1.165, 1.54) is 11.8 Å². The predicted molar refractivity (Wildman–Crippen MR) is 105 cm³/mol. The number of carbonyl (C=O) groups is 1. The predicted octanol–water partition coefficient (Wildman–Crippen LogP) is 3.16. The van der Waals surface area contributed by atoms with Crippen LogP contribution < -0.4 is 5.32 Å². The van der Waals surface area contributed by atoms with Crippen LogP contribution in [0, 0.1) is 0 Å². The van der Waals surface area contributed by atoms with Gasteiger partial charge in [-0.25, -0.2) is 4.68 Å². The fourth-order valence-corrected chi connectivity index (χ4v) is 3.36. The molecule has 3 rings (SSSR count). The van der Waals surface area contributed by atoms with Crippen molar-refractivity contribution in [1.29, 1.82) is 0 Å². The van der Waals surface area contributed by atoms with E-state index in [9.17, 15) is 4.79 Å². The van der Waals surface area contributed by atoms with Crippen molar-refractivity contribution in [3.05, 3.63) is 36.8 Å². The maximum Gasteiger partial charge on any atom is 0.238 e. The number of pyridine rings is 1. The third kappa shape index (κ3) is 4.19. The molecule has 0 unspecified atom stereocenters. The molecule has 9 heteroatoms. The Morgan fingerprint density at radius 3 is 2.63 bits per heavy atom. The van der Waals surface area contributed by atoms with Crippen LogP contribution in [0.1, 0.15) is 33.2 Å². The maximum absolute atomic E-state index is 12.6. The lowest BCUT2D eigenvalue weighted by molar-refractivity contribution is -0.115. The second-order valence-corrected chi connectivity index (χ2v) is 7.58. The van der Waals surface area contributed by atoms with E-state index in [4.69, 9.17) is 0 Å². The Labute approximate surface area is 162 Å². The summed E-state index contributed by atoms with van der Waals surface area (Å²) >= 11 is 1.37. The maximum atomic E-state index is 12.6. The van der Waals surface area contributed by atoms with Crippen molar-refractivity contribution in [3.63, 3.8) is 0 Å². The van der Waals surface area contributed by atoms with E-state index < -0.39 is 0 Å². The van der Waals surface area contributed by atoms with Gasteiger partial charge in [-0.2, -0.15) is 5.10 Å². The fraction of sp³-hybridized carbons (Fsp3) is 0.389. The lowest BCUT2D eigenvalue weighted by Gasteiger charge is -2.16. The molecule has 3 heterocycles. The largest absolute Gasteiger partial charge is 0.310 e. The van der Waals surface area contributed by atoms with Gasteiger partial charge in [0.15, 0.2) is 11.0 Å². The van der Waals surface area contributed by atoms with Crippen LogP contribution in [0.5, 0.6) is 0 Å². The van der Waals surface area contributed by atoms with Crippen LogP contribution in [0.2, 0.25) is 0 Å². The Kier molecular flexibility index (Phi) is 5.90. The molecule has 0 bridgehead atoms.